The highest BCUT2D eigenvalue weighted by atomic mass is 16.5. The van der Waals surface area contributed by atoms with Crippen molar-refractivity contribution in [3.05, 3.63) is 23.5 Å². The van der Waals surface area contributed by atoms with Gasteiger partial charge in [-0.3, -0.25) is 4.98 Å². The summed E-state index contributed by atoms with van der Waals surface area (Å²) in [6.45, 7) is 3.80. The molecular formula is C11H16N2O3. The number of nitrogens with zero attached hydrogens (tertiary/aromatic N) is 1. The molecule has 0 bridgehead atoms. The number of rotatable bonds is 5. The Balaban J connectivity index is 2.89. The number of carboxylic acid groups (broad SMARTS) is 1. The average molecular weight is 224 g/mol. The molecule has 1 atom stereocenters. The number of hydrogen-bond acceptors (Lipinski definition) is 4. The fourth-order valence-electron chi connectivity index (χ4n) is 1.26. The van der Waals surface area contributed by atoms with Gasteiger partial charge in [0.15, 0.2) is 6.10 Å². The quantitative estimate of drug-likeness (QED) is 0.770. The van der Waals surface area contributed by atoms with Crippen molar-refractivity contribution < 1.29 is 14.6 Å². The molecule has 1 aromatic rings. The summed E-state index contributed by atoms with van der Waals surface area (Å²) in [6, 6.07) is 3.51. The first-order chi connectivity index (χ1) is 7.54. The molecule has 88 valence electrons. The molecule has 0 spiro atoms. The van der Waals surface area contributed by atoms with Crippen LogP contribution in [0.1, 0.15) is 18.3 Å². The van der Waals surface area contributed by atoms with Gasteiger partial charge < -0.3 is 15.6 Å². The molecule has 1 aromatic heterocycles. The first-order valence-electron chi connectivity index (χ1n) is 5.10. The molecule has 0 saturated carbocycles. The van der Waals surface area contributed by atoms with Crippen molar-refractivity contribution in [1.29, 1.82) is 0 Å². The van der Waals surface area contributed by atoms with Crippen molar-refractivity contribution in [1.82, 2.24) is 4.98 Å². The molecule has 0 aromatic carbocycles. The van der Waals surface area contributed by atoms with Crippen molar-refractivity contribution in [2.24, 2.45) is 5.73 Å². The predicted octanol–water partition coefficient (Wildman–Crippen LogP) is 0.743. The topological polar surface area (TPSA) is 85.4 Å². The highest BCUT2D eigenvalue weighted by Gasteiger charge is 2.15. The van der Waals surface area contributed by atoms with E-state index in [1.807, 2.05) is 6.92 Å². The van der Waals surface area contributed by atoms with Crippen molar-refractivity contribution in [3.63, 3.8) is 0 Å². The van der Waals surface area contributed by atoms with E-state index < -0.39 is 12.1 Å². The number of aryl methyl sites for hydroxylation is 1. The summed E-state index contributed by atoms with van der Waals surface area (Å²) in [7, 11) is 0. The molecule has 0 aliphatic carbocycles. The van der Waals surface area contributed by atoms with E-state index in [-0.39, 0.29) is 0 Å². The van der Waals surface area contributed by atoms with Gasteiger partial charge in [-0.1, -0.05) is 0 Å². The normalized spacial score (nSPS) is 12.2. The highest BCUT2D eigenvalue weighted by Crippen LogP contribution is 2.18. The Labute approximate surface area is 94.2 Å². The van der Waals surface area contributed by atoms with Crippen molar-refractivity contribution in [3.8, 4) is 5.75 Å². The summed E-state index contributed by atoms with van der Waals surface area (Å²) < 4.78 is 5.30. The lowest BCUT2D eigenvalue weighted by atomic mass is 10.2. The Bertz CT molecular complexity index is 379. The van der Waals surface area contributed by atoms with Gasteiger partial charge >= 0.3 is 5.97 Å². The SMILES string of the molecule is Cc1ccc(OC(C)C(=O)O)c(CCN)n1. The lowest BCUT2D eigenvalue weighted by Crippen LogP contribution is -2.24. The van der Waals surface area contributed by atoms with Crippen molar-refractivity contribution >= 4 is 5.97 Å². The third-order valence-corrected chi connectivity index (χ3v) is 2.10. The van der Waals surface area contributed by atoms with Crippen LogP contribution in [-0.2, 0) is 11.2 Å². The van der Waals surface area contributed by atoms with Crippen LogP contribution in [0.4, 0.5) is 0 Å². The Kier molecular flexibility index (Phi) is 4.25. The smallest absolute Gasteiger partial charge is 0.344 e. The minimum Gasteiger partial charge on any atom is -0.479 e. The van der Waals surface area contributed by atoms with Crippen LogP contribution >= 0.6 is 0 Å². The largest absolute Gasteiger partial charge is 0.479 e. The summed E-state index contributed by atoms with van der Waals surface area (Å²) in [5.41, 5.74) is 7.02. The van der Waals surface area contributed by atoms with Crippen molar-refractivity contribution in [2.75, 3.05) is 6.54 Å². The molecule has 1 rings (SSSR count). The fourth-order valence-corrected chi connectivity index (χ4v) is 1.26. The first kappa shape index (κ1) is 12.4. The van der Waals surface area contributed by atoms with E-state index >= 15 is 0 Å². The Morgan fingerprint density at radius 2 is 2.31 bits per heavy atom. The number of nitrogens with two attached hydrogens (primary N) is 1. The van der Waals surface area contributed by atoms with E-state index in [9.17, 15) is 4.79 Å². The van der Waals surface area contributed by atoms with Gasteiger partial charge in [0.05, 0.1) is 5.69 Å². The second-order valence-electron chi connectivity index (χ2n) is 3.53. The monoisotopic (exact) mass is 224 g/mol. The lowest BCUT2D eigenvalue weighted by molar-refractivity contribution is -0.144. The van der Waals surface area contributed by atoms with Crippen LogP contribution in [0.15, 0.2) is 12.1 Å². The molecule has 5 nitrogen and oxygen atoms in total. The van der Waals surface area contributed by atoms with Gasteiger partial charge in [0.25, 0.3) is 0 Å². The van der Waals surface area contributed by atoms with Gasteiger partial charge in [-0.05, 0) is 32.5 Å². The van der Waals surface area contributed by atoms with Gasteiger partial charge in [-0.15, -0.1) is 0 Å². The van der Waals surface area contributed by atoms with Gasteiger partial charge in [-0.2, -0.15) is 0 Å². The van der Waals surface area contributed by atoms with Crippen LogP contribution in [0.3, 0.4) is 0 Å². The molecule has 0 fully saturated rings. The van der Waals surface area contributed by atoms with Crippen LogP contribution < -0.4 is 10.5 Å². The number of aliphatic carboxylic acids is 1. The molecule has 0 aliphatic heterocycles. The van der Waals surface area contributed by atoms with Crippen molar-refractivity contribution in [2.45, 2.75) is 26.4 Å². The minimum absolute atomic E-state index is 0.453. The number of carbonyl (C=O) groups is 1. The highest BCUT2D eigenvalue weighted by molar-refractivity contribution is 5.72. The summed E-state index contributed by atoms with van der Waals surface area (Å²) in [5, 5.41) is 8.75. The van der Waals surface area contributed by atoms with Crippen LogP contribution in [0.5, 0.6) is 5.75 Å². The zero-order valence-corrected chi connectivity index (χ0v) is 9.43. The Morgan fingerprint density at radius 3 is 2.88 bits per heavy atom. The van der Waals surface area contributed by atoms with Crippen LogP contribution in [0.2, 0.25) is 0 Å². The molecule has 0 saturated heterocycles. The molecule has 5 heteroatoms. The van der Waals surface area contributed by atoms with Gasteiger partial charge in [-0.25, -0.2) is 4.79 Å². The Morgan fingerprint density at radius 1 is 1.62 bits per heavy atom. The third kappa shape index (κ3) is 3.20. The maximum atomic E-state index is 10.7. The number of hydrogen-bond donors (Lipinski definition) is 2. The molecule has 1 unspecified atom stereocenters. The first-order valence-corrected chi connectivity index (χ1v) is 5.10. The van der Waals surface area contributed by atoms with E-state index in [0.717, 1.165) is 5.69 Å². The van der Waals surface area contributed by atoms with Crippen LogP contribution in [-0.4, -0.2) is 28.7 Å². The van der Waals surface area contributed by atoms with E-state index in [4.69, 9.17) is 15.6 Å². The summed E-state index contributed by atoms with van der Waals surface area (Å²) in [5.74, 6) is -0.509. The summed E-state index contributed by atoms with van der Waals surface area (Å²) in [4.78, 5) is 14.9. The fraction of sp³-hybridized carbons (Fsp3) is 0.455. The molecule has 0 amide bonds. The maximum absolute atomic E-state index is 10.7. The number of ether oxygens (including phenoxy) is 1. The van der Waals surface area contributed by atoms with Gasteiger partial charge in [0, 0.05) is 12.1 Å². The van der Waals surface area contributed by atoms with E-state index in [1.165, 1.54) is 6.92 Å². The average Bonchev–Trinajstić information content (AvgIpc) is 2.22. The summed E-state index contributed by atoms with van der Waals surface area (Å²) in [6.07, 6.45) is -0.315. The van der Waals surface area contributed by atoms with Gasteiger partial charge in [0.2, 0.25) is 0 Å². The molecule has 0 radical (unpaired) electrons. The van der Waals surface area contributed by atoms with Crippen LogP contribution in [0.25, 0.3) is 0 Å². The number of aromatic nitrogens is 1. The number of carboxylic acids is 1. The molecule has 0 aliphatic rings. The molecule has 1 heterocycles. The molecule has 3 N–H and O–H groups in total. The van der Waals surface area contributed by atoms with E-state index in [0.29, 0.717) is 24.4 Å². The molecule has 16 heavy (non-hydrogen) atoms. The predicted molar refractivity (Wildman–Crippen MR) is 59.5 cm³/mol. The second-order valence-corrected chi connectivity index (χ2v) is 3.53. The second kappa shape index (κ2) is 5.46. The zero-order valence-electron chi connectivity index (χ0n) is 9.43. The standard InChI is InChI=1S/C11H16N2O3/c1-7-3-4-10(9(13-7)5-6-12)16-8(2)11(14)15/h3-4,8H,5-6,12H2,1-2H3,(H,14,15). The van der Waals surface area contributed by atoms with E-state index in [1.54, 1.807) is 12.1 Å². The molecular weight excluding hydrogens is 208 g/mol. The lowest BCUT2D eigenvalue weighted by Gasteiger charge is -2.13. The maximum Gasteiger partial charge on any atom is 0.344 e. The van der Waals surface area contributed by atoms with E-state index in [2.05, 4.69) is 4.98 Å². The van der Waals surface area contributed by atoms with Crippen LogP contribution in [0, 0.1) is 6.92 Å². The summed E-state index contributed by atoms with van der Waals surface area (Å²) >= 11 is 0. The Hall–Kier alpha value is -1.62. The minimum atomic E-state index is -1.00. The third-order valence-electron chi connectivity index (χ3n) is 2.10. The van der Waals surface area contributed by atoms with Gasteiger partial charge in [0.1, 0.15) is 5.75 Å². The number of pyridine rings is 1. The zero-order chi connectivity index (χ0) is 12.1.